The van der Waals surface area contributed by atoms with E-state index in [1.54, 1.807) is 45.0 Å². The van der Waals surface area contributed by atoms with Crippen LogP contribution in [0.3, 0.4) is 0 Å². The zero-order valence-corrected chi connectivity index (χ0v) is 17.2. The van der Waals surface area contributed by atoms with E-state index in [9.17, 15) is 18.4 Å². The van der Waals surface area contributed by atoms with Gasteiger partial charge in [-0.05, 0) is 38.5 Å². The fourth-order valence-electron chi connectivity index (χ4n) is 2.54. The number of ether oxygens (including phenoxy) is 1. The summed E-state index contributed by atoms with van der Waals surface area (Å²) in [6.07, 6.45) is 1.22. The minimum Gasteiger partial charge on any atom is -0.755 e. The number of aromatic nitrogens is 2. The molecule has 2 amide bonds. The minimum absolute atomic E-state index is 0.00113. The van der Waals surface area contributed by atoms with Gasteiger partial charge in [-0.1, -0.05) is 12.1 Å². The van der Waals surface area contributed by atoms with E-state index in [0.717, 1.165) is 5.56 Å². The summed E-state index contributed by atoms with van der Waals surface area (Å²) >= 11 is -2.41. The molecule has 0 aliphatic heterocycles. The molecule has 1 unspecified atom stereocenters. The summed E-state index contributed by atoms with van der Waals surface area (Å²) in [5.41, 5.74) is 6.30. The number of primary amides is 1. The highest BCUT2D eigenvalue weighted by atomic mass is 32.2. The maximum absolute atomic E-state index is 12.3. The maximum Gasteiger partial charge on any atom is 0.408 e. The van der Waals surface area contributed by atoms with Crippen LogP contribution in [0, 0.1) is 0 Å². The number of H-pyrrole nitrogens is 1. The Hall–Kier alpha value is -2.92. The van der Waals surface area contributed by atoms with Crippen molar-refractivity contribution in [2.45, 2.75) is 45.3 Å². The average molecular weight is 422 g/mol. The Balaban J connectivity index is 2.19. The number of nitrogens with two attached hydrogens (primary N) is 1. The van der Waals surface area contributed by atoms with Gasteiger partial charge in [0.15, 0.2) is 0 Å². The van der Waals surface area contributed by atoms with E-state index in [-0.39, 0.29) is 6.42 Å². The van der Waals surface area contributed by atoms with E-state index in [1.165, 1.54) is 6.20 Å². The third-order valence-corrected chi connectivity index (χ3v) is 4.03. The lowest BCUT2D eigenvalue weighted by molar-refractivity contribution is -0.117. The Bertz CT molecular complexity index is 876. The van der Waals surface area contributed by atoms with Gasteiger partial charge in [0.25, 0.3) is 0 Å². The van der Waals surface area contributed by atoms with Crippen molar-refractivity contribution in [3.8, 4) is 0 Å². The van der Waals surface area contributed by atoms with Crippen LogP contribution in [0.1, 0.15) is 43.9 Å². The number of anilines is 1. The van der Waals surface area contributed by atoms with Crippen molar-refractivity contribution in [2.75, 3.05) is 4.72 Å². The maximum atomic E-state index is 12.3. The Morgan fingerprint density at radius 2 is 1.97 bits per heavy atom. The number of nitrogens with zero attached hydrogens (tertiary/aromatic N) is 1. The smallest absolute Gasteiger partial charge is 0.408 e. The minimum atomic E-state index is -2.41. The van der Waals surface area contributed by atoms with Crippen LogP contribution < -0.4 is 15.8 Å². The summed E-state index contributed by atoms with van der Waals surface area (Å²) in [6, 6.07) is 6.10. The summed E-state index contributed by atoms with van der Waals surface area (Å²) in [5.74, 6) is -0.0642. The van der Waals surface area contributed by atoms with Crippen molar-refractivity contribution < 1.29 is 23.1 Å². The first-order chi connectivity index (χ1) is 13.5. The van der Waals surface area contributed by atoms with Crippen LogP contribution in [0.15, 0.2) is 30.5 Å². The van der Waals surface area contributed by atoms with Crippen LogP contribution in [0.2, 0.25) is 0 Å². The molecule has 0 radical (unpaired) electrons. The molecule has 0 fully saturated rings. The second-order valence-electron chi connectivity index (χ2n) is 7.37. The quantitative estimate of drug-likeness (QED) is 0.471. The number of carbonyl (C=O) groups is 2. The van der Waals surface area contributed by atoms with Gasteiger partial charge >= 0.3 is 6.09 Å². The highest BCUT2D eigenvalue weighted by Crippen LogP contribution is 2.19. The summed E-state index contributed by atoms with van der Waals surface area (Å²) in [7, 11) is 0. The third-order valence-electron chi connectivity index (χ3n) is 3.63. The fourth-order valence-corrected chi connectivity index (χ4v) is 2.87. The van der Waals surface area contributed by atoms with Crippen LogP contribution in [0.4, 0.5) is 10.5 Å². The first-order valence-electron chi connectivity index (χ1n) is 8.78. The Morgan fingerprint density at radius 1 is 1.31 bits per heavy atom. The molecule has 1 heterocycles. The summed E-state index contributed by atoms with van der Waals surface area (Å²) < 4.78 is 29.0. The zero-order valence-electron chi connectivity index (χ0n) is 16.4. The van der Waals surface area contributed by atoms with E-state index in [1.807, 2.05) is 0 Å². The molecule has 5 N–H and O–H groups in total. The van der Waals surface area contributed by atoms with Crippen LogP contribution in [-0.2, 0) is 33.6 Å². The van der Waals surface area contributed by atoms with E-state index in [0.29, 0.717) is 23.6 Å². The van der Waals surface area contributed by atoms with Gasteiger partial charge in [0.2, 0.25) is 5.91 Å². The van der Waals surface area contributed by atoms with E-state index < -0.39 is 34.9 Å². The van der Waals surface area contributed by atoms with Crippen LogP contribution in [-0.4, -0.2) is 36.3 Å². The van der Waals surface area contributed by atoms with E-state index in [4.69, 9.17) is 10.5 Å². The lowest BCUT2D eigenvalue weighted by Crippen LogP contribution is -2.36. The number of hydrogen-bond acceptors (Lipinski definition) is 6. The second-order valence-corrected chi connectivity index (χ2v) is 8.05. The highest BCUT2D eigenvalue weighted by Gasteiger charge is 2.23. The molecule has 1 aromatic heterocycles. The van der Waals surface area contributed by atoms with Crippen molar-refractivity contribution in [3.63, 3.8) is 0 Å². The van der Waals surface area contributed by atoms with Gasteiger partial charge in [-0.3, -0.25) is 9.00 Å². The first kappa shape index (κ1) is 22.4. The fraction of sp³-hybridized carbons (Fsp3) is 0.389. The van der Waals surface area contributed by atoms with Gasteiger partial charge in [0.1, 0.15) is 11.4 Å². The normalized spacial score (nSPS) is 13.4. The van der Waals surface area contributed by atoms with E-state index in [2.05, 4.69) is 20.0 Å². The molecular formula is C18H24N5O5S-. The number of rotatable bonds is 8. The highest BCUT2D eigenvalue weighted by molar-refractivity contribution is 7.80. The molecule has 10 nitrogen and oxygen atoms in total. The van der Waals surface area contributed by atoms with Crippen molar-refractivity contribution in [3.05, 3.63) is 47.5 Å². The number of hydrogen-bond donors (Lipinski definition) is 4. The van der Waals surface area contributed by atoms with Gasteiger partial charge < -0.3 is 30.0 Å². The second kappa shape index (κ2) is 9.52. The predicted octanol–water partition coefficient (Wildman–Crippen LogP) is 1.45. The number of alkyl carbamates (subject to hydrolysis) is 1. The molecule has 29 heavy (non-hydrogen) atoms. The number of benzene rings is 1. The van der Waals surface area contributed by atoms with Crippen LogP contribution in [0.5, 0.6) is 0 Å². The monoisotopic (exact) mass is 422 g/mol. The lowest BCUT2D eigenvalue weighted by atomic mass is 10.1. The lowest BCUT2D eigenvalue weighted by Gasteiger charge is -2.23. The average Bonchev–Trinajstić information content (AvgIpc) is 3.01. The van der Waals surface area contributed by atoms with E-state index >= 15 is 0 Å². The molecule has 0 saturated heterocycles. The third kappa shape index (κ3) is 7.92. The molecule has 0 aliphatic carbocycles. The summed E-state index contributed by atoms with van der Waals surface area (Å²) in [4.78, 5) is 30.6. The molecule has 0 aliphatic rings. The number of carbonyl (C=O) groups excluding carboxylic acids is 2. The standard InChI is InChI=1S/C18H25N5O5S/c1-18(2,3)28-17(25)22-14(16-20-10-13(21-16)9-15(19)24)8-11-4-6-12(7-5-11)23-29(26)27/h4-7,10,14,23H,8-9H2,1-3H3,(H2,19,24)(H,20,21)(H,22,25)(H,26,27)/p-1/t14-/m0/s1. The molecule has 0 bridgehead atoms. The summed E-state index contributed by atoms with van der Waals surface area (Å²) in [6.45, 7) is 5.27. The largest absolute Gasteiger partial charge is 0.755 e. The molecule has 11 heteroatoms. The van der Waals surface area contributed by atoms with Gasteiger partial charge in [-0.2, -0.15) is 0 Å². The molecule has 0 spiro atoms. The van der Waals surface area contributed by atoms with Gasteiger partial charge in [-0.25, -0.2) is 9.78 Å². The molecule has 2 aromatic rings. The summed E-state index contributed by atoms with van der Waals surface area (Å²) in [5, 5.41) is 2.77. The molecular weight excluding hydrogens is 398 g/mol. The number of imidazole rings is 1. The molecule has 158 valence electrons. The zero-order chi connectivity index (χ0) is 21.6. The Morgan fingerprint density at radius 3 is 2.52 bits per heavy atom. The molecule has 2 atom stereocenters. The van der Waals surface area contributed by atoms with Gasteiger partial charge in [0.05, 0.1) is 12.5 Å². The molecule has 0 saturated carbocycles. The Labute approximate surface area is 171 Å². The molecule has 2 rings (SSSR count). The predicted molar refractivity (Wildman–Crippen MR) is 106 cm³/mol. The number of aromatic amines is 1. The number of amides is 2. The Kier molecular flexibility index (Phi) is 7.35. The van der Waals surface area contributed by atoms with Crippen molar-refractivity contribution in [1.82, 2.24) is 15.3 Å². The van der Waals surface area contributed by atoms with Crippen LogP contribution in [0.25, 0.3) is 0 Å². The van der Waals surface area contributed by atoms with Gasteiger partial charge in [-0.15, -0.1) is 0 Å². The topological polar surface area (TPSA) is 162 Å². The molecule has 1 aromatic carbocycles. The van der Waals surface area contributed by atoms with Crippen molar-refractivity contribution in [2.24, 2.45) is 5.73 Å². The van der Waals surface area contributed by atoms with Crippen LogP contribution >= 0.6 is 0 Å². The van der Waals surface area contributed by atoms with Gasteiger partial charge in [0, 0.05) is 35.3 Å². The first-order valence-corrected chi connectivity index (χ1v) is 9.86. The SMILES string of the molecule is CC(C)(C)OC(=O)N[C@@H](Cc1ccc(NS(=O)[O-])cc1)c1ncc(CC(N)=O)[nH]1. The van der Waals surface area contributed by atoms with Crippen molar-refractivity contribution >= 4 is 29.0 Å². The van der Waals surface area contributed by atoms with Crippen molar-refractivity contribution in [1.29, 1.82) is 0 Å². The number of nitrogens with one attached hydrogen (secondary N) is 3.